The van der Waals surface area contributed by atoms with E-state index in [-0.39, 0.29) is 17.4 Å². The molecule has 1 aliphatic heterocycles. The van der Waals surface area contributed by atoms with Gasteiger partial charge in [0.15, 0.2) is 5.69 Å². The molecule has 2 atom stereocenters. The van der Waals surface area contributed by atoms with Crippen LogP contribution in [0, 0.1) is 5.92 Å². The molecule has 2 aromatic rings. The molecule has 0 spiro atoms. The van der Waals surface area contributed by atoms with Gasteiger partial charge in [0.05, 0.1) is 24.5 Å². The Morgan fingerprint density at radius 3 is 2.75 bits per heavy atom. The Morgan fingerprint density at radius 1 is 1.29 bits per heavy atom. The van der Waals surface area contributed by atoms with E-state index in [0.29, 0.717) is 29.6 Å². The van der Waals surface area contributed by atoms with Crippen molar-refractivity contribution in [3.8, 4) is 0 Å². The van der Waals surface area contributed by atoms with Gasteiger partial charge in [-0.25, -0.2) is 4.68 Å². The number of carbonyl (C=O) groups is 1. The van der Waals surface area contributed by atoms with E-state index in [2.05, 4.69) is 17.3 Å². The van der Waals surface area contributed by atoms with Crippen LogP contribution in [0.15, 0.2) is 29.1 Å². The smallest absolute Gasteiger partial charge is 0.274 e. The van der Waals surface area contributed by atoms with Crippen molar-refractivity contribution in [2.75, 3.05) is 19.6 Å². The van der Waals surface area contributed by atoms with Crippen LogP contribution < -0.4 is 15.8 Å². The van der Waals surface area contributed by atoms with Crippen molar-refractivity contribution in [3.05, 3.63) is 40.3 Å². The number of rotatable bonds is 7. The predicted molar refractivity (Wildman–Crippen MR) is 112 cm³/mol. The average Bonchev–Trinajstić information content (AvgIpc) is 2.68. The highest BCUT2D eigenvalue weighted by atomic mass is 16.2. The second-order valence-electron chi connectivity index (χ2n) is 8.44. The first-order chi connectivity index (χ1) is 13.5. The number of carbonyl (C=O) groups excluding carboxylic acids is 1. The van der Waals surface area contributed by atoms with Crippen LogP contribution in [-0.2, 0) is 6.54 Å². The Hall–Kier alpha value is -2.21. The van der Waals surface area contributed by atoms with Crippen molar-refractivity contribution in [2.24, 2.45) is 5.92 Å². The Bertz CT molecular complexity index is 874. The highest BCUT2D eigenvalue weighted by molar-refractivity contribution is 6.04. The maximum Gasteiger partial charge on any atom is 0.274 e. The Morgan fingerprint density at radius 2 is 2.04 bits per heavy atom. The molecule has 0 radical (unpaired) electrons. The summed E-state index contributed by atoms with van der Waals surface area (Å²) in [6, 6.07) is 7.96. The molecule has 1 aromatic heterocycles. The van der Waals surface area contributed by atoms with Gasteiger partial charge in [0, 0.05) is 24.9 Å². The number of benzene rings is 1. The number of quaternary nitrogens is 1. The molecule has 1 saturated heterocycles. The zero-order valence-electron chi connectivity index (χ0n) is 17.3. The number of hydrogen-bond acceptors (Lipinski definition) is 3. The fraction of sp³-hybridized carbons (Fsp3) is 0.591. The summed E-state index contributed by atoms with van der Waals surface area (Å²) >= 11 is 0. The number of fused-ring (bicyclic) bond motifs is 1. The third-order valence-electron chi connectivity index (χ3n) is 5.66. The van der Waals surface area contributed by atoms with E-state index < -0.39 is 0 Å². The largest absolute Gasteiger partial charge is 0.350 e. The highest BCUT2D eigenvalue weighted by Gasteiger charge is 2.21. The van der Waals surface area contributed by atoms with Crippen LogP contribution in [0.2, 0.25) is 0 Å². The number of likely N-dealkylation sites (tertiary alicyclic amines) is 1. The van der Waals surface area contributed by atoms with E-state index in [1.165, 1.54) is 30.5 Å². The van der Waals surface area contributed by atoms with Crippen LogP contribution >= 0.6 is 0 Å². The molecule has 1 amide bonds. The summed E-state index contributed by atoms with van der Waals surface area (Å²) in [5, 5.41) is 8.60. The van der Waals surface area contributed by atoms with Crippen molar-refractivity contribution in [3.63, 3.8) is 0 Å². The minimum absolute atomic E-state index is 0.136. The van der Waals surface area contributed by atoms with E-state index in [1.54, 1.807) is 17.0 Å². The van der Waals surface area contributed by atoms with Gasteiger partial charge in [-0.3, -0.25) is 9.59 Å². The molecular weight excluding hydrogens is 352 g/mol. The average molecular weight is 386 g/mol. The van der Waals surface area contributed by atoms with Gasteiger partial charge in [-0.05, 0) is 38.2 Å². The predicted octanol–water partition coefficient (Wildman–Crippen LogP) is 1.63. The molecule has 0 aliphatic carbocycles. The number of nitrogens with one attached hydrogen (secondary N) is 2. The third-order valence-corrected chi connectivity index (χ3v) is 5.66. The van der Waals surface area contributed by atoms with Crippen molar-refractivity contribution >= 4 is 16.7 Å². The van der Waals surface area contributed by atoms with Crippen molar-refractivity contribution in [1.82, 2.24) is 15.1 Å². The lowest BCUT2D eigenvalue weighted by Crippen LogP contribution is -3.16. The topological polar surface area (TPSA) is 68.4 Å². The van der Waals surface area contributed by atoms with Gasteiger partial charge in [-0.2, -0.15) is 5.10 Å². The lowest BCUT2D eigenvalue weighted by Gasteiger charge is -2.30. The molecule has 0 bridgehead atoms. The molecule has 1 aromatic carbocycles. The molecule has 1 aliphatic rings. The summed E-state index contributed by atoms with van der Waals surface area (Å²) in [5.74, 6) is 0.0761. The molecule has 1 unspecified atom stereocenters. The molecule has 0 saturated carbocycles. The summed E-state index contributed by atoms with van der Waals surface area (Å²) in [6.07, 6.45) is 4.90. The van der Waals surface area contributed by atoms with Gasteiger partial charge < -0.3 is 10.2 Å². The van der Waals surface area contributed by atoms with Gasteiger partial charge in [-0.1, -0.05) is 32.0 Å². The first kappa shape index (κ1) is 20.5. The highest BCUT2D eigenvalue weighted by Crippen LogP contribution is 2.13. The summed E-state index contributed by atoms with van der Waals surface area (Å²) in [7, 11) is 0. The van der Waals surface area contributed by atoms with Crippen LogP contribution in [0.25, 0.3) is 10.8 Å². The van der Waals surface area contributed by atoms with Crippen LogP contribution in [0.4, 0.5) is 0 Å². The monoisotopic (exact) mass is 385 g/mol. The molecule has 28 heavy (non-hydrogen) atoms. The molecule has 6 heteroatoms. The van der Waals surface area contributed by atoms with Crippen molar-refractivity contribution in [2.45, 2.75) is 59.0 Å². The Balaban J connectivity index is 1.70. The molecule has 3 rings (SSSR count). The minimum atomic E-state index is -0.199. The van der Waals surface area contributed by atoms with Crippen LogP contribution in [-0.4, -0.2) is 41.4 Å². The second kappa shape index (κ2) is 9.32. The molecule has 6 nitrogen and oxygen atoms in total. The van der Waals surface area contributed by atoms with Crippen LogP contribution in [0.1, 0.15) is 56.9 Å². The quantitative estimate of drug-likeness (QED) is 0.712. The number of hydrogen-bond donors (Lipinski definition) is 2. The van der Waals surface area contributed by atoms with Crippen LogP contribution in [0.3, 0.4) is 0 Å². The summed E-state index contributed by atoms with van der Waals surface area (Å²) in [6.45, 7) is 9.85. The zero-order valence-corrected chi connectivity index (χ0v) is 17.3. The lowest BCUT2D eigenvalue weighted by atomic mass is 10.0. The zero-order chi connectivity index (χ0) is 20.1. The van der Waals surface area contributed by atoms with E-state index in [9.17, 15) is 9.59 Å². The molecular formula is C22H33N4O2+. The SMILES string of the molecule is CC(C)Cn1nc(C(=O)NCCC[NH+]2CCCC[C@@H]2C)c2ccccc2c1=O. The van der Waals surface area contributed by atoms with Gasteiger partial charge in [0.2, 0.25) is 0 Å². The third kappa shape index (κ3) is 4.79. The maximum atomic E-state index is 12.8. The van der Waals surface area contributed by atoms with Gasteiger partial charge >= 0.3 is 0 Å². The fourth-order valence-electron chi connectivity index (χ4n) is 4.10. The Kier molecular flexibility index (Phi) is 6.83. The summed E-state index contributed by atoms with van der Waals surface area (Å²) < 4.78 is 1.43. The van der Waals surface area contributed by atoms with E-state index >= 15 is 0 Å². The molecule has 152 valence electrons. The lowest BCUT2D eigenvalue weighted by molar-refractivity contribution is -0.928. The first-order valence-corrected chi connectivity index (χ1v) is 10.6. The molecule has 2 N–H and O–H groups in total. The summed E-state index contributed by atoms with van der Waals surface area (Å²) in [4.78, 5) is 27.1. The van der Waals surface area contributed by atoms with Crippen LogP contribution in [0.5, 0.6) is 0 Å². The standard InChI is InChI=1S/C22H32N4O2/c1-16(2)15-26-22(28)19-11-5-4-10-18(19)20(24-26)21(27)23-12-8-14-25-13-7-6-9-17(25)3/h4-5,10-11,16-17H,6-9,12-15H2,1-3H3,(H,23,27)/p+1/t17-/m0/s1. The fourth-order valence-corrected chi connectivity index (χ4v) is 4.10. The minimum Gasteiger partial charge on any atom is -0.350 e. The van der Waals surface area contributed by atoms with E-state index in [0.717, 1.165) is 19.0 Å². The van der Waals surface area contributed by atoms with Gasteiger partial charge in [-0.15, -0.1) is 0 Å². The number of aromatic nitrogens is 2. The van der Waals surface area contributed by atoms with Gasteiger partial charge in [0.25, 0.3) is 11.5 Å². The number of amides is 1. The summed E-state index contributed by atoms with van der Waals surface area (Å²) in [5.41, 5.74) is 0.207. The van der Waals surface area contributed by atoms with Gasteiger partial charge in [0.1, 0.15) is 0 Å². The van der Waals surface area contributed by atoms with Crippen molar-refractivity contribution < 1.29 is 9.69 Å². The number of nitrogens with zero attached hydrogens (tertiary/aromatic N) is 2. The van der Waals surface area contributed by atoms with E-state index in [1.807, 2.05) is 26.0 Å². The normalized spacial score (nSPS) is 19.9. The molecule has 2 heterocycles. The maximum absolute atomic E-state index is 12.8. The van der Waals surface area contributed by atoms with Crippen molar-refractivity contribution in [1.29, 1.82) is 0 Å². The first-order valence-electron chi connectivity index (χ1n) is 10.6. The second-order valence-corrected chi connectivity index (χ2v) is 8.44. The van der Waals surface area contributed by atoms with E-state index in [4.69, 9.17) is 0 Å². The number of piperidine rings is 1. The molecule has 1 fully saturated rings. The Labute approximate surface area is 166 Å².